The SMILES string of the molecule is COc1cc(Br)c(OCCCC(C)(C)CN)cc1Br. The minimum Gasteiger partial charge on any atom is -0.496 e. The zero-order valence-electron chi connectivity index (χ0n) is 11.6. The normalized spacial score (nSPS) is 11.5. The first-order valence-corrected chi connectivity index (χ1v) is 7.84. The van der Waals surface area contributed by atoms with Gasteiger partial charge in [0.05, 0.1) is 22.7 Å². The van der Waals surface area contributed by atoms with E-state index in [0.29, 0.717) is 13.2 Å². The Morgan fingerprint density at radius 2 is 1.74 bits per heavy atom. The van der Waals surface area contributed by atoms with Crippen LogP contribution in [0.5, 0.6) is 11.5 Å². The van der Waals surface area contributed by atoms with E-state index in [1.807, 2.05) is 12.1 Å². The summed E-state index contributed by atoms with van der Waals surface area (Å²) in [7, 11) is 1.64. The highest BCUT2D eigenvalue weighted by atomic mass is 79.9. The summed E-state index contributed by atoms with van der Waals surface area (Å²) in [6.07, 6.45) is 2.04. The molecule has 1 aromatic rings. The van der Waals surface area contributed by atoms with Crippen LogP contribution in [0.1, 0.15) is 26.7 Å². The van der Waals surface area contributed by atoms with Gasteiger partial charge in [0.15, 0.2) is 0 Å². The first kappa shape index (κ1) is 16.8. The van der Waals surface area contributed by atoms with Crippen molar-refractivity contribution < 1.29 is 9.47 Å². The fourth-order valence-corrected chi connectivity index (χ4v) is 2.53. The van der Waals surface area contributed by atoms with Crippen molar-refractivity contribution in [2.45, 2.75) is 26.7 Å². The van der Waals surface area contributed by atoms with Crippen LogP contribution >= 0.6 is 31.9 Å². The Bertz CT molecular complexity index is 422. The molecule has 3 nitrogen and oxygen atoms in total. The number of methoxy groups -OCH3 is 1. The molecule has 0 unspecified atom stereocenters. The number of halogens is 2. The van der Waals surface area contributed by atoms with Gasteiger partial charge < -0.3 is 15.2 Å². The average molecular weight is 395 g/mol. The second kappa shape index (κ2) is 7.50. The molecule has 0 fully saturated rings. The number of rotatable bonds is 7. The first-order chi connectivity index (χ1) is 8.89. The molecule has 0 aliphatic carbocycles. The van der Waals surface area contributed by atoms with Gasteiger partial charge in [-0.2, -0.15) is 0 Å². The molecule has 0 bridgehead atoms. The second-order valence-electron chi connectivity index (χ2n) is 5.24. The van der Waals surface area contributed by atoms with Crippen molar-refractivity contribution in [1.82, 2.24) is 0 Å². The Balaban J connectivity index is 2.52. The maximum atomic E-state index is 5.78. The lowest BCUT2D eigenvalue weighted by molar-refractivity contribution is 0.259. The van der Waals surface area contributed by atoms with Gasteiger partial charge in [0, 0.05) is 0 Å². The van der Waals surface area contributed by atoms with Gasteiger partial charge in [-0.25, -0.2) is 0 Å². The van der Waals surface area contributed by atoms with E-state index in [-0.39, 0.29) is 5.41 Å². The summed E-state index contributed by atoms with van der Waals surface area (Å²) in [5, 5.41) is 0. The number of hydrogen-bond donors (Lipinski definition) is 1. The van der Waals surface area contributed by atoms with E-state index in [4.69, 9.17) is 15.2 Å². The van der Waals surface area contributed by atoms with E-state index in [9.17, 15) is 0 Å². The number of hydrogen-bond acceptors (Lipinski definition) is 3. The van der Waals surface area contributed by atoms with Gasteiger partial charge in [-0.3, -0.25) is 0 Å². The van der Waals surface area contributed by atoms with Crippen LogP contribution in [-0.2, 0) is 0 Å². The van der Waals surface area contributed by atoms with Gasteiger partial charge in [0.2, 0.25) is 0 Å². The van der Waals surface area contributed by atoms with Crippen molar-refractivity contribution in [2.75, 3.05) is 20.3 Å². The lowest BCUT2D eigenvalue weighted by atomic mass is 9.88. The fourth-order valence-electron chi connectivity index (χ4n) is 1.61. The maximum absolute atomic E-state index is 5.78. The number of nitrogens with two attached hydrogens (primary N) is 1. The molecule has 0 aromatic heterocycles. The standard InChI is InChI=1S/C14H21Br2NO2/c1-14(2,9-17)5-4-6-19-13-8-10(15)12(18-3)7-11(13)16/h7-8H,4-6,9,17H2,1-3H3. The summed E-state index contributed by atoms with van der Waals surface area (Å²) in [5.41, 5.74) is 5.89. The molecule has 19 heavy (non-hydrogen) atoms. The largest absolute Gasteiger partial charge is 0.496 e. The third-order valence-electron chi connectivity index (χ3n) is 3.01. The molecule has 5 heteroatoms. The van der Waals surface area contributed by atoms with E-state index < -0.39 is 0 Å². The zero-order chi connectivity index (χ0) is 14.5. The van der Waals surface area contributed by atoms with Gasteiger partial charge in [-0.1, -0.05) is 13.8 Å². The highest BCUT2D eigenvalue weighted by Gasteiger charge is 2.15. The van der Waals surface area contributed by atoms with E-state index in [1.165, 1.54) is 0 Å². The minimum absolute atomic E-state index is 0.182. The van der Waals surface area contributed by atoms with E-state index >= 15 is 0 Å². The number of benzene rings is 1. The van der Waals surface area contributed by atoms with Crippen LogP contribution in [0, 0.1) is 5.41 Å². The van der Waals surface area contributed by atoms with Crippen LogP contribution in [-0.4, -0.2) is 20.3 Å². The molecule has 1 aromatic carbocycles. The Hall–Kier alpha value is -0.260. The highest BCUT2D eigenvalue weighted by molar-refractivity contribution is 9.11. The third-order valence-corrected chi connectivity index (χ3v) is 4.25. The smallest absolute Gasteiger partial charge is 0.134 e. The predicted octanol–water partition coefficient (Wildman–Crippen LogP) is 4.36. The van der Waals surface area contributed by atoms with Crippen LogP contribution in [0.15, 0.2) is 21.1 Å². The molecule has 2 N–H and O–H groups in total. The molecular formula is C14H21Br2NO2. The number of ether oxygens (including phenoxy) is 2. The monoisotopic (exact) mass is 393 g/mol. The van der Waals surface area contributed by atoms with Gasteiger partial charge >= 0.3 is 0 Å². The molecular weight excluding hydrogens is 374 g/mol. The molecule has 0 saturated heterocycles. The molecule has 0 aliphatic heterocycles. The summed E-state index contributed by atoms with van der Waals surface area (Å²) in [6, 6.07) is 3.81. The fraction of sp³-hybridized carbons (Fsp3) is 0.571. The highest BCUT2D eigenvalue weighted by Crippen LogP contribution is 2.36. The maximum Gasteiger partial charge on any atom is 0.134 e. The Morgan fingerprint density at radius 3 is 2.32 bits per heavy atom. The zero-order valence-corrected chi connectivity index (χ0v) is 14.8. The van der Waals surface area contributed by atoms with Crippen molar-refractivity contribution in [3.8, 4) is 11.5 Å². The van der Waals surface area contributed by atoms with Gasteiger partial charge in [-0.15, -0.1) is 0 Å². The summed E-state index contributed by atoms with van der Waals surface area (Å²) >= 11 is 6.93. The van der Waals surface area contributed by atoms with Crippen molar-refractivity contribution in [2.24, 2.45) is 11.1 Å². The Kier molecular flexibility index (Phi) is 6.63. The summed E-state index contributed by atoms with van der Waals surface area (Å²) in [5.74, 6) is 1.60. The summed E-state index contributed by atoms with van der Waals surface area (Å²) in [4.78, 5) is 0. The molecule has 0 heterocycles. The van der Waals surface area contributed by atoms with Gasteiger partial charge in [0.1, 0.15) is 11.5 Å². The third kappa shape index (κ3) is 5.32. The molecule has 0 aliphatic rings. The van der Waals surface area contributed by atoms with Gasteiger partial charge in [-0.05, 0) is 68.8 Å². The molecule has 0 amide bonds. The molecule has 108 valence electrons. The lowest BCUT2D eigenvalue weighted by Crippen LogP contribution is -2.23. The summed E-state index contributed by atoms with van der Waals surface area (Å²) in [6.45, 7) is 5.73. The van der Waals surface area contributed by atoms with Crippen LogP contribution in [0.25, 0.3) is 0 Å². The molecule has 0 saturated carbocycles. The Morgan fingerprint density at radius 1 is 1.16 bits per heavy atom. The molecule has 1 rings (SSSR count). The average Bonchev–Trinajstić information content (AvgIpc) is 2.38. The van der Waals surface area contributed by atoms with Crippen molar-refractivity contribution in [3.63, 3.8) is 0 Å². The first-order valence-electron chi connectivity index (χ1n) is 6.25. The molecule has 0 spiro atoms. The summed E-state index contributed by atoms with van der Waals surface area (Å²) < 4.78 is 12.8. The van der Waals surface area contributed by atoms with E-state index in [0.717, 1.165) is 33.3 Å². The second-order valence-corrected chi connectivity index (χ2v) is 6.95. The minimum atomic E-state index is 0.182. The van der Waals surface area contributed by atoms with Crippen LogP contribution < -0.4 is 15.2 Å². The van der Waals surface area contributed by atoms with Crippen LogP contribution in [0.2, 0.25) is 0 Å². The van der Waals surface area contributed by atoms with Crippen LogP contribution in [0.3, 0.4) is 0 Å². The van der Waals surface area contributed by atoms with E-state index in [1.54, 1.807) is 7.11 Å². The van der Waals surface area contributed by atoms with E-state index in [2.05, 4.69) is 45.7 Å². The molecule has 0 radical (unpaired) electrons. The van der Waals surface area contributed by atoms with Gasteiger partial charge in [0.25, 0.3) is 0 Å². The van der Waals surface area contributed by atoms with Crippen molar-refractivity contribution in [1.29, 1.82) is 0 Å². The topological polar surface area (TPSA) is 44.5 Å². The van der Waals surface area contributed by atoms with Crippen molar-refractivity contribution in [3.05, 3.63) is 21.1 Å². The quantitative estimate of drug-likeness (QED) is 0.698. The molecule has 0 atom stereocenters. The predicted molar refractivity (Wildman–Crippen MR) is 86.0 cm³/mol. The van der Waals surface area contributed by atoms with Crippen LogP contribution in [0.4, 0.5) is 0 Å². The van der Waals surface area contributed by atoms with Crippen molar-refractivity contribution >= 4 is 31.9 Å². The Labute approximate surface area is 132 Å². The lowest BCUT2D eigenvalue weighted by Gasteiger charge is -2.22.